The van der Waals surface area contributed by atoms with E-state index in [-0.39, 0.29) is 4.90 Å². The maximum Gasteiger partial charge on any atom is 0.262 e. The van der Waals surface area contributed by atoms with Gasteiger partial charge in [0.2, 0.25) is 0 Å². The Balaban J connectivity index is 1.61. The zero-order chi connectivity index (χ0) is 20.7. The first-order valence-electron chi connectivity index (χ1n) is 9.79. The average molecular weight is 431 g/mol. The van der Waals surface area contributed by atoms with Crippen LogP contribution in [0.3, 0.4) is 0 Å². The number of nitrogens with zero attached hydrogens (tertiary/aromatic N) is 1. The fourth-order valence-corrected chi connectivity index (χ4v) is 4.38. The molecule has 0 fully saturated rings. The van der Waals surface area contributed by atoms with Crippen LogP contribution in [0.2, 0.25) is 0 Å². The van der Waals surface area contributed by atoms with Crippen LogP contribution in [0.1, 0.15) is 38.2 Å². The van der Waals surface area contributed by atoms with Gasteiger partial charge in [0, 0.05) is 24.3 Å². The number of thiocarbonyl (C=S) groups is 1. The first-order valence-corrected chi connectivity index (χ1v) is 11.7. The van der Waals surface area contributed by atoms with Gasteiger partial charge in [0.1, 0.15) is 5.84 Å². The molecule has 0 aliphatic carbocycles. The molecule has 0 bridgehead atoms. The van der Waals surface area contributed by atoms with Crippen molar-refractivity contribution >= 4 is 44.6 Å². The number of hydrogen-bond donors (Lipinski definition) is 3. The van der Waals surface area contributed by atoms with Crippen LogP contribution in [-0.4, -0.2) is 25.9 Å². The Hall–Kier alpha value is -2.45. The van der Waals surface area contributed by atoms with Gasteiger partial charge in [-0.05, 0) is 67.4 Å². The summed E-state index contributed by atoms with van der Waals surface area (Å²) in [6.07, 6.45) is 4.95. The van der Waals surface area contributed by atoms with Crippen LogP contribution < -0.4 is 15.4 Å². The molecule has 1 heterocycles. The summed E-state index contributed by atoms with van der Waals surface area (Å²) in [6, 6.07) is 14.7. The molecule has 1 aliphatic rings. The van der Waals surface area contributed by atoms with Crippen LogP contribution in [-0.2, 0) is 16.4 Å². The van der Waals surface area contributed by atoms with Crippen molar-refractivity contribution in [2.24, 2.45) is 4.99 Å². The Morgan fingerprint density at radius 2 is 1.86 bits per heavy atom. The fourth-order valence-electron chi connectivity index (χ4n) is 3.01. The second-order valence-electron chi connectivity index (χ2n) is 6.94. The highest BCUT2D eigenvalue weighted by Crippen LogP contribution is 2.17. The van der Waals surface area contributed by atoms with Gasteiger partial charge >= 0.3 is 0 Å². The summed E-state index contributed by atoms with van der Waals surface area (Å²) in [5.74, 6) is 0.517. The van der Waals surface area contributed by atoms with Crippen molar-refractivity contribution in [2.75, 3.05) is 17.2 Å². The molecule has 29 heavy (non-hydrogen) atoms. The number of sulfonamides is 1. The molecule has 0 atom stereocenters. The number of hydrogen-bond acceptors (Lipinski definition) is 4. The molecular weight excluding hydrogens is 404 g/mol. The number of aliphatic imine (C=N–C) groups is 1. The van der Waals surface area contributed by atoms with E-state index in [4.69, 9.17) is 12.2 Å². The highest BCUT2D eigenvalue weighted by Gasteiger charge is 2.18. The Bertz CT molecular complexity index is 986. The minimum atomic E-state index is -3.66. The Labute approximate surface area is 177 Å². The van der Waals surface area contributed by atoms with Crippen molar-refractivity contribution in [1.29, 1.82) is 0 Å². The standard InChI is InChI=1S/C21H26N4O2S2/c1-2-3-6-16-10-12-17(13-11-16)23-21(28)24-18-7-4-8-19(15-18)29(26,27)25-20-9-5-14-22-20/h4,7-8,10-13,15H,2-3,5-6,9,14H2,1H3,(H,22,25)(H2,23,24,28). The lowest BCUT2D eigenvalue weighted by molar-refractivity contribution is 0.592. The van der Waals surface area contributed by atoms with Crippen molar-refractivity contribution in [3.8, 4) is 0 Å². The van der Waals surface area contributed by atoms with Gasteiger partial charge in [0.25, 0.3) is 10.0 Å². The van der Waals surface area contributed by atoms with E-state index in [0.29, 0.717) is 29.6 Å². The number of benzene rings is 2. The van der Waals surface area contributed by atoms with Crippen LogP contribution in [0, 0.1) is 0 Å². The van der Waals surface area contributed by atoms with Crippen molar-refractivity contribution in [3.63, 3.8) is 0 Å². The molecule has 6 nitrogen and oxygen atoms in total. The van der Waals surface area contributed by atoms with Crippen molar-refractivity contribution in [1.82, 2.24) is 4.72 Å². The molecule has 3 N–H and O–H groups in total. The fraction of sp³-hybridized carbons (Fsp3) is 0.333. The van der Waals surface area contributed by atoms with Crippen molar-refractivity contribution < 1.29 is 8.42 Å². The molecule has 3 rings (SSSR count). The zero-order valence-corrected chi connectivity index (χ0v) is 18.1. The predicted molar refractivity (Wildman–Crippen MR) is 123 cm³/mol. The van der Waals surface area contributed by atoms with E-state index in [1.807, 2.05) is 12.1 Å². The van der Waals surface area contributed by atoms with Crippen LogP contribution in [0.4, 0.5) is 11.4 Å². The lowest BCUT2D eigenvalue weighted by atomic mass is 10.1. The molecule has 0 unspecified atom stereocenters. The molecule has 2 aromatic rings. The maximum absolute atomic E-state index is 12.6. The van der Waals surface area contributed by atoms with E-state index in [0.717, 1.165) is 18.5 Å². The monoisotopic (exact) mass is 430 g/mol. The summed E-state index contributed by atoms with van der Waals surface area (Å²) >= 11 is 5.37. The van der Waals surface area contributed by atoms with E-state index in [2.05, 4.69) is 39.4 Å². The van der Waals surface area contributed by atoms with E-state index in [1.165, 1.54) is 18.4 Å². The average Bonchev–Trinajstić information content (AvgIpc) is 3.20. The SMILES string of the molecule is CCCCc1ccc(NC(=S)Nc2cccc(S(=O)(=O)NC3=NCCC3)c2)cc1. The topological polar surface area (TPSA) is 82.6 Å². The maximum atomic E-state index is 12.6. The molecular formula is C21H26N4O2S2. The number of aryl methyl sites for hydroxylation is 1. The summed E-state index contributed by atoms with van der Waals surface area (Å²) in [6.45, 7) is 2.85. The van der Waals surface area contributed by atoms with Gasteiger partial charge in [-0.2, -0.15) is 0 Å². The van der Waals surface area contributed by atoms with Gasteiger partial charge in [-0.1, -0.05) is 31.5 Å². The second-order valence-corrected chi connectivity index (χ2v) is 9.04. The minimum absolute atomic E-state index is 0.167. The summed E-state index contributed by atoms with van der Waals surface area (Å²) in [7, 11) is -3.66. The van der Waals surface area contributed by atoms with Crippen LogP contribution in [0.25, 0.3) is 0 Å². The zero-order valence-electron chi connectivity index (χ0n) is 16.4. The molecule has 0 spiro atoms. The molecule has 8 heteroatoms. The van der Waals surface area contributed by atoms with Gasteiger partial charge < -0.3 is 10.6 Å². The molecule has 154 valence electrons. The van der Waals surface area contributed by atoms with Gasteiger partial charge in [-0.25, -0.2) is 8.42 Å². The van der Waals surface area contributed by atoms with E-state index >= 15 is 0 Å². The van der Waals surface area contributed by atoms with E-state index in [9.17, 15) is 8.42 Å². The predicted octanol–water partition coefficient (Wildman–Crippen LogP) is 4.31. The van der Waals surface area contributed by atoms with Crippen molar-refractivity contribution in [3.05, 3.63) is 54.1 Å². The van der Waals surface area contributed by atoms with Crippen LogP contribution >= 0.6 is 12.2 Å². The van der Waals surface area contributed by atoms with Crippen LogP contribution in [0.5, 0.6) is 0 Å². The second kappa shape index (κ2) is 9.84. The van der Waals surface area contributed by atoms with Gasteiger partial charge in [0.05, 0.1) is 4.90 Å². The lowest BCUT2D eigenvalue weighted by Gasteiger charge is -2.13. The van der Waals surface area contributed by atoms with E-state index in [1.54, 1.807) is 24.3 Å². The first kappa shape index (κ1) is 21.3. The molecule has 0 saturated carbocycles. The third-order valence-electron chi connectivity index (χ3n) is 4.56. The summed E-state index contributed by atoms with van der Waals surface area (Å²) in [5, 5.41) is 6.57. The quantitative estimate of drug-likeness (QED) is 0.570. The van der Waals surface area contributed by atoms with Gasteiger partial charge in [0.15, 0.2) is 5.11 Å². The number of anilines is 2. The van der Waals surface area contributed by atoms with Gasteiger partial charge in [-0.15, -0.1) is 0 Å². The smallest absolute Gasteiger partial charge is 0.262 e. The number of rotatable bonds is 7. The Morgan fingerprint density at radius 3 is 2.55 bits per heavy atom. The molecule has 2 aromatic carbocycles. The highest BCUT2D eigenvalue weighted by molar-refractivity contribution is 7.90. The number of nitrogens with one attached hydrogen (secondary N) is 3. The Morgan fingerprint density at radius 1 is 1.10 bits per heavy atom. The van der Waals surface area contributed by atoms with Crippen molar-refractivity contribution in [2.45, 2.75) is 43.9 Å². The van der Waals surface area contributed by atoms with Gasteiger partial charge in [-0.3, -0.25) is 9.71 Å². The summed E-state index contributed by atoms with van der Waals surface area (Å²) in [4.78, 5) is 4.33. The highest BCUT2D eigenvalue weighted by atomic mass is 32.2. The largest absolute Gasteiger partial charge is 0.332 e. The molecule has 0 amide bonds. The normalized spacial score (nSPS) is 13.6. The first-order chi connectivity index (χ1) is 14.0. The number of unbranched alkanes of at least 4 members (excludes halogenated alkanes) is 1. The molecule has 0 aromatic heterocycles. The third-order valence-corrected chi connectivity index (χ3v) is 6.14. The summed E-state index contributed by atoms with van der Waals surface area (Å²) < 4.78 is 27.7. The number of amidine groups is 1. The van der Waals surface area contributed by atoms with E-state index < -0.39 is 10.0 Å². The lowest BCUT2D eigenvalue weighted by Crippen LogP contribution is -2.29. The molecule has 1 aliphatic heterocycles. The molecule has 0 saturated heterocycles. The minimum Gasteiger partial charge on any atom is -0.332 e. The Kier molecular flexibility index (Phi) is 7.22. The summed E-state index contributed by atoms with van der Waals surface area (Å²) in [5.41, 5.74) is 2.78. The molecule has 0 radical (unpaired) electrons. The third kappa shape index (κ3) is 6.27. The van der Waals surface area contributed by atoms with Crippen LogP contribution in [0.15, 0.2) is 58.4 Å².